The molecule has 2 aromatic rings. The van der Waals surface area contributed by atoms with Crippen molar-refractivity contribution in [1.29, 1.82) is 0 Å². The van der Waals surface area contributed by atoms with Gasteiger partial charge < -0.3 is 10.1 Å². The van der Waals surface area contributed by atoms with E-state index in [1.54, 1.807) is 0 Å². The van der Waals surface area contributed by atoms with Gasteiger partial charge in [-0.3, -0.25) is 4.68 Å². The SMILES string of the molecule is CCOc1ccc(CNc2cn(C(C)C)nc2C)cc1. The Kier molecular flexibility index (Phi) is 4.66. The van der Waals surface area contributed by atoms with Crippen molar-refractivity contribution in [2.75, 3.05) is 11.9 Å². The summed E-state index contributed by atoms with van der Waals surface area (Å²) in [6.07, 6.45) is 2.06. The van der Waals surface area contributed by atoms with Gasteiger partial charge in [0.1, 0.15) is 5.75 Å². The number of aromatic nitrogens is 2. The van der Waals surface area contributed by atoms with E-state index >= 15 is 0 Å². The third-order valence-electron chi connectivity index (χ3n) is 3.16. The predicted octanol–water partition coefficient (Wildman–Crippen LogP) is 3.78. The highest BCUT2D eigenvalue weighted by Gasteiger charge is 2.06. The Bertz CT molecular complexity index is 543. The summed E-state index contributed by atoms with van der Waals surface area (Å²) in [5.41, 5.74) is 3.35. The minimum Gasteiger partial charge on any atom is -0.494 e. The number of nitrogens with one attached hydrogen (secondary N) is 1. The monoisotopic (exact) mass is 273 g/mol. The van der Waals surface area contributed by atoms with Crippen LogP contribution in [0.15, 0.2) is 30.5 Å². The molecule has 0 aliphatic rings. The second-order valence-corrected chi connectivity index (χ2v) is 5.13. The number of anilines is 1. The van der Waals surface area contributed by atoms with E-state index in [1.165, 1.54) is 5.56 Å². The zero-order chi connectivity index (χ0) is 14.5. The van der Waals surface area contributed by atoms with Gasteiger partial charge in [-0.2, -0.15) is 5.10 Å². The second kappa shape index (κ2) is 6.46. The number of benzene rings is 1. The van der Waals surface area contributed by atoms with E-state index in [0.717, 1.165) is 23.7 Å². The first kappa shape index (κ1) is 14.4. The minimum absolute atomic E-state index is 0.384. The van der Waals surface area contributed by atoms with Gasteiger partial charge >= 0.3 is 0 Å². The summed E-state index contributed by atoms with van der Waals surface area (Å²) in [6.45, 7) is 9.76. The Balaban J connectivity index is 1.97. The molecule has 0 atom stereocenters. The number of rotatable bonds is 6. The van der Waals surface area contributed by atoms with Crippen LogP contribution in [0.2, 0.25) is 0 Å². The molecule has 1 N–H and O–H groups in total. The Hall–Kier alpha value is -1.97. The largest absolute Gasteiger partial charge is 0.494 e. The normalized spacial score (nSPS) is 10.8. The molecule has 0 bridgehead atoms. The van der Waals surface area contributed by atoms with Crippen LogP contribution in [-0.4, -0.2) is 16.4 Å². The molecule has 1 aromatic carbocycles. The van der Waals surface area contributed by atoms with Crippen molar-refractivity contribution in [3.8, 4) is 5.75 Å². The molecule has 0 amide bonds. The third-order valence-corrected chi connectivity index (χ3v) is 3.16. The molecule has 0 aliphatic carbocycles. The molecule has 0 unspecified atom stereocenters. The van der Waals surface area contributed by atoms with E-state index in [1.807, 2.05) is 30.7 Å². The summed E-state index contributed by atoms with van der Waals surface area (Å²) in [5.74, 6) is 0.917. The molecule has 1 heterocycles. The van der Waals surface area contributed by atoms with Crippen LogP contribution >= 0.6 is 0 Å². The molecule has 0 fully saturated rings. The summed E-state index contributed by atoms with van der Waals surface area (Å²) in [7, 11) is 0. The number of ether oxygens (including phenoxy) is 1. The fourth-order valence-electron chi connectivity index (χ4n) is 1.99. The van der Waals surface area contributed by atoms with Crippen molar-refractivity contribution in [3.05, 3.63) is 41.7 Å². The van der Waals surface area contributed by atoms with Gasteiger partial charge in [0.2, 0.25) is 0 Å². The molecule has 0 saturated heterocycles. The average molecular weight is 273 g/mol. The standard InChI is InChI=1S/C16H23N3O/c1-5-20-15-8-6-14(7-9-15)10-17-16-11-19(12(2)3)18-13(16)4/h6-9,11-12,17H,5,10H2,1-4H3. The molecule has 4 heteroatoms. The van der Waals surface area contributed by atoms with Crippen molar-refractivity contribution >= 4 is 5.69 Å². The predicted molar refractivity (Wildman–Crippen MR) is 82.3 cm³/mol. The highest BCUT2D eigenvalue weighted by Crippen LogP contribution is 2.18. The first-order valence-electron chi connectivity index (χ1n) is 7.11. The van der Waals surface area contributed by atoms with Gasteiger partial charge in [0.05, 0.1) is 18.0 Å². The van der Waals surface area contributed by atoms with Crippen LogP contribution in [0, 0.1) is 6.92 Å². The van der Waals surface area contributed by atoms with E-state index in [4.69, 9.17) is 4.74 Å². The molecule has 1 aromatic heterocycles. The van der Waals surface area contributed by atoms with Crippen molar-refractivity contribution in [2.45, 2.75) is 40.3 Å². The summed E-state index contributed by atoms with van der Waals surface area (Å²) < 4.78 is 7.42. The van der Waals surface area contributed by atoms with Crippen LogP contribution < -0.4 is 10.1 Å². The van der Waals surface area contributed by atoms with Crippen LogP contribution in [0.25, 0.3) is 0 Å². The maximum Gasteiger partial charge on any atom is 0.119 e. The fraction of sp³-hybridized carbons (Fsp3) is 0.438. The molecular weight excluding hydrogens is 250 g/mol. The van der Waals surface area contributed by atoms with Crippen LogP contribution in [0.3, 0.4) is 0 Å². The highest BCUT2D eigenvalue weighted by atomic mass is 16.5. The molecule has 0 saturated carbocycles. The molecule has 0 radical (unpaired) electrons. The van der Waals surface area contributed by atoms with Crippen molar-refractivity contribution < 1.29 is 4.74 Å². The summed E-state index contributed by atoms with van der Waals surface area (Å²) in [5, 5.41) is 7.93. The molecule has 0 spiro atoms. The van der Waals surface area contributed by atoms with Gasteiger partial charge in [0.15, 0.2) is 0 Å². The van der Waals surface area contributed by atoms with E-state index < -0.39 is 0 Å². The third kappa shape index (κ3) is 3.53. The van der Waals surface area contributed by atoms with Gasteiger partial charge in [-0.15, -0.1) is 0 Å². The van der Waals surface area contributed by atoms with Crippen molar-refractivity contribution in [1.82, 2.24) is 9.78 Å². The number of aryl methyl sites for hydroxylation is 1. The lowest BCUT2D eigenvalue weighted by Crippen LogP contribution is -2.01. The first-order chi connectivity index (χ1) is 9.60. The molecular formula is C16H23N3O. The Morgan fingerprint density at radius 1 is 1.25 bits per heavy atom. The summed E-state index contributed by atoms with van der Waals surface area (Å²) >= 11 is 0. The van der Waals surface area contributed by atoms with E-state index in [-0.39, 0.29) is 0 Å². The Labute approximate surface area is 120 Å². The Morgan fingerprint density at radius 3 is 2.50 bits per heavy atom. The maximum absolute atomic E-state index is 5.44. The average Bonchev–Trinajstić information content (AvgIpc) is 2.80. The smallest absolute Gasteiger partial charge is 0.119 e. The number of hydrogen-bond acceptors (Lipinski definition) is 3. The maximum atomic E-state index is 5.44. The highest BCUT2D eigenvalue weighted by molar-refractivity contribution is 5.46. The van der Waals surface area contributed by atoms with E-state index in [9.17, 15) is 0 Å². The van der Waals surface area contributed by atoms with Gasteiger partial charge in [-0.1, -0.05) is 12.1 Å². The van der Waals surface area contributed by atoms with Gasteiger partial charge in [0.25, 0.3) is 0 Å². The molecule has 20 heavy (non-hydrogen) atoms. The van der Waals surface area contributed by atoms with Crippen molar-refractivity contribution in [2.24, 2.45) is 0 Å². The molecule has 4 nitrogen and oxygen atoms in total. The van der Waals surface area contributed by atoms with Gasteiger partial charge in [-0.25, -0.2) is 0 Å². The lowest BCUT2D eigenvalue weighted by molar-refractivity contribution is 0.340. The summed E-state index contributed by atoms with van der Waals surface area (Å²) in [4.78, 5) is 0. The lowest BCUT2D eigenvalue weighted by Gasteiger charge is -2.07. The molecule has 108 valence electrons. The Morgan fingerprint density at radius 2 is 1.95 bits per heavy atom. The van der Waals surface area contributed by atoms with Gasteiger partial charge in [-0.05, 0) is 45.4 Å². The topological polar surface area (TPSA) is 39.1 Å². The van der Waals surface area contributed by atoms with Crippen LogP contribution in [0.1, 0.15) is 38.1 Å². The number of nitrogens with zero attached hydrogens (tertiary/aromatic N) is 2. The first-order valence-corrected chi connectivity index (χ1v) is 7.11. The fourth-order valence-corrected chi connectivity index (χ4v) is 1.99. The second-order valence-electron chi connectivity index (χ2n) is 5.13. The minimum atomic E-state index is 0.384. The quantitative estimate of drug-likeness (QED) is 0.870. The van der Waals surface area contributed by atoms with E-state index in [2.05, 4.69) is 42.6 Å². The zero-order valence-corrected chi connectivity index (χ0v) is 12.7. The zero-order valence-electron chi connectivity index (χ0n) is 12.7. The number of hydrogen-bond donors (Lipinski definition) is 1. The molecule has 0 aliphatic heterocycles. The van der Waals surface area contributed by atoms with Crippen LogP contribution in [0.4, 0.5) is 5.69 Å². The molecule has 2 rings (SSSR count). The lowest BCUT2D eigenvalue weighted by atomic mass is 10.2. The van der Waals surface area contributed by atoms with E-state index in [0.29, 0.717) is 12.6 Å². The summed E-state index contributed by atoms with van der Waals surface area (Å²) in [6, 6.07) is 8.56. The van der Waals surface area contributed by atoms with Gasteiger partial charge in [0, 0.05) is 18.8 Å². The van der Waals surface area contributed by atoms with Crippen molar-refractivity contribution in [3.63, 3.8) is 0 Å². The van der Waals surface area contributed by atoms with Crippen LogP contribution in [0.5, 0.6) is 5.75 Å². The van der Waals surface area contributed by atoms with Crippen LogP contribution in [-0.2, 0) is 6.54 Å².